The summed E-state index contributed by atoms with van der Waals surface area (Å²) in [5, 5.41) is 1.25. The molecule has 0 amide bonds. The van der Waals surface area contributed by atoms with Gasteiger partial charge < -0.3 is 0 Å². The predicted octanol–water partition coefficient (Wildman–Crippen LogP) is 6.52. The third kappa shape index (κ3) is 3.38. The van der Waals surface area contributed by atoms with E-state index in [9.17, 15) is 0 Å². The number of benzene rings is 1. The van der Waals surface area contributed by atoms with Gasteiger partial charge >= 0.3 is 0 Å². The molecule has 0 saturated carbocycles. The largest absolute Gasteiger partial charge is 0.157 e. The summed E-state index contributed by atoms with van der Waals surface area (Å²) in [5.41, 5.74) is 2.74. The van der Waals surface area contributed by atoms with Crippen molar-refractivity contribution < 1.29 is 0 Å². The summed E-state index contributed by atoms with van der Waals surface area (Å²) in [6.45, 7) is 0. The van der Waals surface area contributed by atoms with Crippen LogP contribution >= 0.6 is 62.2 Å². The molecular weight excluding hydrogens is 395 g/mol. The molecule has 5 heteroatoms. The van der Waals surface area contributed by atoms with Gasteiger partial charge in [-0.15, -0.1) is 11.3 Å². The van der Waals surface area contributed by atoms with Crippen molar-refractivity contribution in [1.29, 1.82) is 0 Å². The summed E-state index contributed by atoms with van der Waals surface area (Å²) < 4.78 is 0. The number of alkyl halides is 1. The first-order valence-electron chi connectivity index (χ1n) is 6.40. The van der Waals surface area contributed by atoms with Crippen molar-refractivity contribution in [2.24, 2.45) is 0 Å². The molecule has 0 saturated heterocycles. The second-order valence-electron chi connectivity index (χ2n) is 4.82. The Balaban J connectivity index is 1.76. The van der Waals surface area contributed by atoms with Crippen LogP contribution in [0.1, 0.15) is 25.7 Å². The highest BCUT2D eigenvalue weighted by Crippen LogP contribution is 2.39. The number of thioether (sulfide) groups is 1. The molecule has 1 aromatic carbocycles. The molecule has 3 rings (SSSR count). The van der Waals surface area contributed by atoms with Gasteiger partial charge in [0.25, 0.3) is 0 Å². The minimum Gasteiger partial charge on any atom is -0.157 e. The topological polar surface area (TPSA) is 0 Å². The van der Waals surface area contributed by atoms with Crippen LogP contribution < -0.4 is 0 Å². The molecule has 1 unspecified atom stereocenters. The first-order chi connectivity index (χ1) is 9.63. The van der Waals surface area contributed by atoms with Crippen LogP contribution in [-0.4, -0.2) is 5.75 Å². The third-order valence-electron chi connectivity index (χ3n) is 3.35. The van der Waals surface area contributed by atoms with Crippen molar-refractivity contribution >= 4 is 62.2 Å². The molecule has 0 nitrogen and oxygen atoms in total. The maximum atomic E-state index is 6.08. The fraction of sp³-hybridized carbons (Fsp3) is 0.333. The fourth-order valence-electron chi connectivity index (χ4n) is 2.30. The number of hydrogen-bond donors (Lipinski definition) is 0. The van der Waals surface area contributed by atoms with Gasteiger partial charge in [-0.2, -0.15) is 11.8 Å². The van der Waals surface area contributed by atoms with Crippen LogP contribution in [-0.2, 0) is 18.6 Å². The average Bonchev–Trinajstić information content (AvgIpc) is 2.87. The third-order valence-corrected chi connectivity index (χ3v) is 7.57. The average molecular weight is 408 g/mol. The van der Waals surface area contributed by atoms with Crippen LogP contribution in [0, 0.1) is 0 Å². The van der Waals surface area contributed by atoms with Crippen molar-refractivity contribution in [2.75, 3.05) is 5.75 Å². The Morgan fingerprint density at radius 2 is 2.05 bits per heavy atom. The molecule has 2 aromatic rings. The monoisotopic (exact) mass is 406 g/mol. The number of halogens is 3. The molecule has 0 spiro atoms. The van der Waals surface area contributed by atoms with E-state index in [0.717, 1.165) is 6.42 Å². The van der Waals surface area contributed by atoms with E-state index in [1.54, 1.807) is 4.88 Å². The summed E-state index contributed by atoms with van der Waals surface area (Å²) in [5.74, 6) is 2.42. The lowest BCUT2D eigenvalue weighted by atomic mass is 10.1. The smallest absolute Gasteiger partial charge is 0.0595 e. The van der Waals surface area contributed by atoms with Gasteiger partial charge in [-0.1, -0.05) is 45.2 Å². The van der Waals surface area contributed by atoms with Crippen LogP contribution in [0.2, 0.25) is 10.0 Å². The molecule has 0 bridgehead atoms. The summed E-state index contributed by atoms with van der Waals surface area (Å²) in [4.78, 5) is 3.33. The van der Waals surface area contributed by atoms with Crippen LogP contribution in [0.4, 0.5) is 0 Å². The highest BCUT2D eigenvalue weighted by Gasteiger charge is 2.18. The standard InChI is InChI=1S/C15H13BrCl2S2/c16-11(5-9-1-2-12(17)13(18)6-9)15-7-10-8-19-4-3-14(10)20-15/h1-2,6-7,11H,3-5,8H2. The zero-order valence-corrected chi connectivity index (χ0v) is 15.4. The van der Waals surface area contributed by atoms with E-state index in [0.29, 0.717) is 14.9 Å². The SMILES string of the molecule is Clc1ccc(CC(Br)c2cc3c(s2)CCSC3)cc1Cl. The molecule has 1 atom stereocenters. The second kappa shape index (κ2) is 6.62. The molecule has 1 aliphatic rings. The van der Waals surface area contributed by atoms with Gasteiger partial charge in [0.1, 0.15) is 0 Å². The van der Waals surface area contributed by atoms with Crippen molar-refractivity contribution in [3.63, 3.8) is 0 Å². The molecule has 106 valence electrons. The number of rotatable bonds is 3. The second-order valence-corrected chi connectivity index (χ2v) is 9.01. The Morgan fingerprint density at radius 3 is 2.80 bits per heavy atom. The summed E-state index contributed by atoms with van der Waals surface area (Å²) in [6.07, 6.45) is 2.15. The van der Waals surface area contributed by atoms with E-state index in [2.05, 4.69) is 22.0 Å². The zero-order chi connectivity index (χ0) is 14.1. The highest BCUT2D eigenvalue weighted by atomic mass is 79.9. The molecule has 0 fully saturated rings. The van der Waals surface area contributed by atoms with Crippen molar-refractivity contribution in [3.8, 4) is 0 Å². The van der Waals surface area contributed by atoms with E-state index in [-0.39, 0.29) is 0 Å². The van der Waals surface area contributed by atoms with Crippen LogP contribution in [0.5, 0.6) is 0 Å². The van der Waals surface area contributed by atoms with Gasteiger partial charge in [-0.3, -0.25) is 0 Å². The molecule has 0 aliphatic carbocycles. The van der Waals surface area contributed by atoms with E-state index >= 15 is 0 Å². The normalized spacial score (nSPS) is 15.9. The Bertz CT molecular complexity index is 601. The Kier molecular flexibility index (Phi) is 5.04. The van der Waals surface area contributed by atoms with E-state index in [1.807, 2.05) is 41.3 Å². The maximum absolute atomic E-state index is 6.08. The van der Waals surface area contributed by atoms with Crippen LogP contribution in [0.3, 0.4) is 0 Å². The minimum absolute atomic E-state index is 0.348. The lowest BCUT2D eigenvalue weighted by Gasteiger charge is -2.08. The van der Waals surface area contributed by atoms with Crippen LogP contribution in [0.15, 0.2) is 24.3 Å². The van der Waals surface area contributed by atoms with Crippen molar-refractivity contribution in [1.82, 2.24) is 0 Å². The summed E-state index contributed by atoms with van der Waals surface area (Å²) in [7, 11) is 0. The number of thiophene rings is 1. The lowest BCUT2D eigenvalue weighted by molar-refractivity contribution is 0.968. The van der Waals surface area contributed by atoms with Crippen molar-refractivity contribution in [3.05, 3.63) is 55.2 Å². The van der Waals surface area contributed by atoms with E-state index < -0.39 is 0 Å². The molecule has 0 N–H and O–H groups in total. The predicted molar refractivity (Wildman–Crippen MR) is 96.0 cm³/mol. The number of fused-ring (bicyclic) bond motifs is 1. The highest BCUT2D eigenvalue weighted by molar-refractivity contribution is 9.09. The van der Waals surface area contributed by atoms with Gasteiger partial charge in [-0.25, -0.2) is 0 Å². The van der Waals surface area contributed by atoms with E-state index in [1.165, 1.54) is 33.9 Å². The summed E-state index contributed by atoms with van der Waals surface area (Å²) >= 11 is 19.8. The van der Waals surface area contributed by atoms with Crippen molar-refractivity contribution in [2.45, 2.75) is 23.4 Å². The summed E-state index contributed by atoms with van der Waals surface area (Å²) in [6, 6.07) is 8.24. The van der Waals surface area contributed by atoms with Gasteiger partial charge in [0.15, 0.2) is 0 Å². The van der Waals surface area contributed by atoms with Gasteiger partial charge in [0, 0.05) is 15.5 Å². The maximum Gasteiger partial charge on any atom is 0.0595 e. The van der Waals surface area contributed by atoms with Crippen LogP contribution in [0.25, 0.3) is 0 Å². The number of aryl methyl sites for hydroxylation is 1. The van der Waals surface area contributed by atoms with Gasteiger partial charge in [-0.05, 0) is 47.9 Å². The quantitative estimate of drug-likeness (QED) is 0.521. The Hall–Kier alpha value is 0.330. The molecule has 1 aliphatic heterocycles. The van der Waals surface area contributed by atoms with Gasteiger partial charge in [0.2, 0.25) is 0 Å². The molecule has 2 heterocycles. The number of hydrogen-bond acceptors (Lipinski definition) is 2. The molecular formula is C15H13BrCl2S2. The molecule has 1 aromatic heterocycles. The van der Waals surface area contributed by atoms with E-state index in [4.69, 9.17) is 23.2 Å². The molecule has 0 radical (unpaired) electrons. The Morgan fingerprint density at radius 1 is 1.20 bits per heavy atom. The zero-order valence-electron chi connectivity index (χ0n) is 10.7. The Labute approximate surface area is 146 Å². The fourth-order valence-corrected chi connectivity index (χ4v) is 5.76. The van der Waals surface area contributed by atoms with Gasteiger partial charge in [0.05, 0.1) is 14.9 Å². The first-order valence-corrected chi connectivity index (χ1v) is 10.0. The first kappa shape index (κ1) is 15.2. The molecule has 20 heavy (non-hydrogen) atoms. The lowest BCUT2D eigenvalue weighted by Crippen LogP contribution is -1.96. The minimum atomic E-state index is 0.348.